The lowest BCUT2D eigenvalue weighted by Gasteiger charge is -2.28. The van der Waals surface area contributed by atoms with E-state index in [9.17, 15) is 5.11 Å². The van der Waals surface area contributed by atoms with Gasteiger partial charge in [0.05, 0.1) is 6.10 Å². The molecule has 2 nitrogen and oxygen atoms in total. The van der Waals surface area contributed by atoms with Crippen molar-refractivity contribution in [2.45, 2.75) is 70.4 Å². The normalized spacial score (nSPS) is 32.9. The van der Waals surface area contributed by atoms with Crippen LogP contribution in [0, 0.1) is 5.92 Å². The number of rotatable bonds is 1. The van der Waals surface area contributed by atoms with E-state index in [1.54, 1.807) is 0 Å². The van der Waals surface area contributed by atoms with Crippen molar-refractivity contribution >= 4 is 0 Å². The highest BCUT2D eigenvalue weighted by atomic mass is 16.3. The van der Waals surface area contributed by atoms with Crippen LogP contribution in [0.2, 0.25) is 0 Å². The van der Waals surface area contributed by atoms with Gasteiger partial charge in [0.15, 0.2) is 0 Å². The molecule has 18 heavy (non-hydrogen) atoms. The monoisotopic (exact) mass is 247 g/mol. The summed E-state index contributed by atoms with van der Waals surface area (Å²) in [6.45, 7) is 2.40. The van der Waals surface area contributed by atoms with Crippen molar-refractivity contribution in [3.05, 3.63) is 23.5 Å². The van der Waals surface area contributed by atoms with Gasteiger partial charge in [-0.3, -0.25) is 0 Å². The van der Waals surface area contributed by atoms with Crippen molar-refractivity contribution in [3.63, 3.8) is 0 Å². The number of hydrogen-bond acceptors (Lipinski definition) is 1. The van der Waals surface area contributed by atoms with Crippen LogP contribution in [0.3, 0.4) is 0 Å². The predicted molar refractivity (Wildman–Crippen MR) is 73.6 cm³/mol. The Kier molecular flexibility index (Phi) is 3.47. The Balaban J connectivity index is 1.91. The molecule has 1 aromatic heterocycles. The second-order valence-corrected chi connectivity index (χ2v) is 6.22. The zero-order valence-corrected chi connectivity index (χ0v) is 11.4. The number of nitrogens with zero attached hydrogens (tertiary/aromatic N) is 1. The fourth-order valence-electron chi connectivity index (χ4n) is 3.89. The fourth-order valence-corrected chi connectivity index (χ4v) is 3.89. The predicted octanol–water partition coefficient (Wildman–Crippen LogP) is 4.00. The molecule has 0 amide bonds. The first kappa shape index (κ1) is 12.3. The molecular formula is C16H25NO. The Morgan fingerprint density at radius 2 is 1.94 bits per heavy atom. The van der Waals surface area contributed by atoms with Gasteiger partial charge in [-0.1, -0.05) is 26.2 Å². The van der Waals surface area contributed by atoms with Gasteiger partial charge in [0, 0.05) is 23.5 Å². The van der Waals surface area contributed by atoms with Gasteiger partial charge in [-0.05, 0) is 44.1 Å². The minimum Gasteiger partial charge on any atom is -0.388 e. The highest BCUT2D eigenvalue weighted by Crippen LogP contribution is 2.38. The maximum atomic E-state index is 10.1. The molecule has 0 aliphatic heterocycles. The molecule has 2 heteroatoms. The molecule has 1 fully saturated rings. The van der Waals surface area contributed by atoms with Crippen LogP contribution >= 0.6 is 0 Å². The molecule has 1 heterocycles. The number of fused-ring (bicyclic) bond motifs is 1. The van der Waals surface area contributed by atoms with E-state index in [0.29, 0.717) is 6.04 Å². The van der Waals surface area contributed by atoms with Crippen molar-refractivity contribution in [1.29, 1.82) is 0 Å². The standard InChI is InChI=1S/C16H25NO/c1-12-6-3-2-4-7-14(12)17-11-10-13-15(17)8-5-9-16(13)18/h10-12,14,16,18H,2-9H2,1H3. The molecule has 1 N–H and O–H groups in total. The van der Waals surface area contributed by atoms with Crippen molar-refractivity contribution in [1.82, 2.24) is 4.57 Å². The lowest BCUT2D eigenvalue weighted by molar-refractivity contribution is 0.154. The van der Waals surface area contributed by atoms with Gasteiger partial charge < -0.3 is 9.67 Å². The van der Waals surface area contributed by atoms with Crippen LogP contribution in [0.5, 0.6) is 0 Å². The Labute approximate surface area is 110 Å². The minimum atomic E-state index is -0.212. The molecule has 3 atom stereocenters. The summed E-state index contributed by atoms with van der Waals surface area (Å²) in [5.41, 5.74) is 2.63. The Morgan fingerprint density at radius 1 is 1.11 bits per heavy atom. The van der Waals surface area contributed by atoms with E-state index in [4.69, 9.17) is 0 Å². The Morgan fingerprint density at radius 3 is 2.83 bits per heavy atom. The largest absolute Gasteiger partial charge is 0.388 e. The molecular weight excluding hydrogens is 222 g/mol. The molecule has 1 saturated carbocycles. The highest BCUT2D eigenvalue weighted by molar-refractivity contribution is 5.28. The third-order valence-electron chi connectivity index (χ3n) is 4.98. The molecule has 100 valence electrons. The lowest BCUT2D eigenvalue weighted by Crippen LogP contribution is -2.20. The number of aliphatic hydroxyl groups excluding tert-OH is 1. The van der Waals surface area contributed by atoms with Crippen LogP contribution in [0.25, 0.3) is 0 Å². The quantitative estimate of drug-likeness (QED) is 0.746. The smallest absolute Gasteiger partial charge is 0.0807 e. The van der Waals surface area contributed by atoms with Crippen molar-refractivity contribution in [2.24, 2.45) is 5.92 Å². The summed E-state index contributed by atoms with van der Waals surface area (Å²) < 4.78 is 2.51. The SMILES string of the molecule is CC1CCCCCC1n1ccc2c1CCCC2O. The molecule has 3 rings (SSSR count). The van der Waals surface area contributed by atoms with Gasteiger partial charge in [0.1, 0.15) is 0 Å². The number of aliphatic hydroxyl groups is 1. The van der Waals surface area contributed by atoms with E-state index in [2.05, 4.69) is 23.8 Å². The fraction of sp³-hybridized carbons (Fsp3) is 0.750. The lowest BCUT2D eigenvalue weighted by atomic mass is 9.93. The Hall–Kier alpha value is -0.760. The van der Waals surface area contributed by atoms with Crippen molar-refractivity contribution in [2.75, 3.05) is 0 Å². The first-order valence-corrected chi connectivity index (χ1v) is 7.65. The van der Waals surface area contributed by atoms with Crippen LogP contribution in [-0.2, 0) is 6.42 Å². The Bertz CT molecular complexity index is 409. The zero-order chi connectivity index (χ0) is 12.5. The van der Waals surface area contributed by atoms with E-state index in [-0.39, 0.29) is 6.10 Å². The molecule has 0 saturated heterocycles. The molecule has 1 aromatic rings. The topological polar surface area (TPSA) is 25.2 Å². The number of aromatic nitrogens is 1. The van der Waals surface area contributed by atoms with E-state index >= 15 is 0 Å². The van der Waals surface area contributed by atoms with Crippen LogP contribution in [0.15, 0.2) is 12.3 Å². The van der Waals surface area contributed by atoms with Gasteiger partial charge in [0.25, 0.3) is 0 Å². The van der Waals surface area contributed by atoms with Crippen LogP contribution in [0.4, 0.5) is 0 Å². The summed E-state index contributed by atoms with van der Waals surface area (Å²) in [5.74, 6) is 0.781. The summed E-state index contributed by atoms with van der Waals surface area (Å²) in [6.07, 6.45) is 12.1. The molecule has 0 radical (unpaired) electrons. The van der Waals surface area contributed by atoms with Crippen LogP contribution in [0.1, 0.15) is 75.3 Å². The molecule has 2 aliphatic rings. The molecule has 0 aromatic carbocycles. The first-order chi connectivity index (χ1) is 8.77. The van der Waals surface area contributed by atoms with Gasteiger partial charge in [-0.25, -0.2) is 0 Å². The third kappa shape index (κ3) is 2.11. The van der Waals surface area contributed by atoms with E-state index in [1.165, 1.54) is 43.4 Å². The highest BCUT2D eigenvalue weighted by Gasteiger charge is 2.27. The minimum absolute atomic E-state index is 0.212. The van der Waals surface area contributed by atoms with Crippen molar-refractivity contribution in [3.8, 4) is 0 Å². The summed E-state index contributed by atoms with van der Waals surface area (Å²) >= 11 is 0. The third-order valence-corrected chi connectivity index (χ3v) is 4.98. The summed E-state index contributed by atoms with van der Waals surface area (Å²) in [4.78, 5) is 0. The van der Waals surface area contributed by atoms with Crippen LogP contribution < -0.4 is 0 Å². The van der Waals surface area contributed by atoms with E-state index in [1.807, 2.05) is 0 Å². The van der Waals surface area contributed by atoms with E-state index in [0.717, 1.165) is 25.2 Å². The molecule has 3 unspecified atom stereocenters. The van der Waals surface area contributed by atoms with Gasteiger partial charge >= 0.3 is 0 Å². The average molecular weight is 247 g/mol. The second-order valence-electron chi connectivity index (χ2n) is 6.22. The molecule has 0 bridgehead atoms. The van der Waals surface area contributed by atoms with Crippen molar-refractivity contribution < 1.29 is 5.11 Å². The first-order valence-electron chi connectivity index (χ1n) is 7.65. The summed E-state index contributed by atoms with van der Waals surface area (Å²) in [6, 6.07) is 2.83. The summed E-state index contributed by atoms with van der Waals surface area (Å²) in [7, 11) is 0. The second kappa shape index (κ2) is 5.08. The van der Waals surface area contributed by atoms with Gasteiger partial charge in [-0.2, -0.15) is 0 Å². The van der Waals surface area contributed by atoms with Gasteiger partial charge in [0.2, 0.25) is 0 Å². The zero-order valence-electron chi connectivity index (χ0n) is 11.4. The number of hydrogen-bond donors (Lipinski definition) is 1. The molecule has 0 spiro atoms. The van der Waals surface area contributed by atoms with Gasteiger partial charge in [-0.15, -0.1) is 0 Å². The van der Waals surface area contributed by atoms with E-state index < -0.39 is 0 Å². The van der Waals surface area contributed by atoms with Crippen LogP contribution in [-0.4, -0.2) is 9.67 Å². The maximum Gasteiger partial charge on any atom is 0.0807 e. The maximum absolute atomic E-state index is 10.1. The summed E-state index contributed by atoms with van der Waals surface area (Å²) in [5, 5.41) is 10.1. The molecule has 2 aliphatic carbocycles. The average Bonchev–Trinajstić information content (AvgIpc) is 2.68.